The number of sulfonamides is 1. The third kappa shape index (κ3) is 7.01. The second-order valence-corrected chi connectivity index (χ2v) is 11.3. The zero-order chi connectivity index (χ0) is 24.6. The molecular weight excluding hydrogens is 488 g/mol. The van der Waals surface area contributed by atoms with Crippen molar-refractivity contribution >= 4 is 45.0 Å². The molecule has 0 heterocycles. The maximum Gasteiger partial charge on any atom is 0.264 e. The van der Waals surface area contributed by atoms with Gasteiger partial charge in [0.2, 0.25) is 5.91 Å². The number of aryl methyl sites for hydroxylation is 1. The Morgan fingerprint density at radius 2 is 1.68 bits per heavy atom. The first-order valence-corrected chi connectivity index (χ1v) is 14.0. The van der Waals surface area contributed by atoms with Gasteiger partial charge >= 0.3 is 0 Å². The Hall–Kier alpha value is -2.48. The molecule has 1 amide bonds. The Kier molecular flexibility index (Phi) is 9.45. The fourth-order valence-corrected chi connectivity index (χ4v) is 5.94. The van der Waals surface area contributed by atoms with Crippen LogP contribution in [-0.2, 0) is 20.6 Å². The number of thioether (sulfide) groups is 1. The number of nitrogens with one attached hydrogen (secondary N) is 1. The quantitative estimate of drug-likeness (QED) is 0.337. The molecule has 0 aliphatic rings. The van der Waals surface area contributed by atoms with Crippen LogP contribution in [0.5, 0.6) is 0 Å². The second-order valence-electron chi connectivity index (χ2n) is 7.95. The van der Waals surface area contributed by atoms with Crippen molar-refractivity contribution in [2.24, 2.45) is 0 Å². The molecule has 0 spiro atoms. The van der Waals surface area contributed by atoms with E-state index in [0.29, 0.717) is 22.8 Å². The van der Waals surface area contributed by atoms with E-state index in [2.05, 4.69) is 36.5 Å². The summed E-state index contributed by atoms with van der Waals surface area (Å²) >= 11 is 8.06. The SMILES string of the molecule is Cc1ccc(CSCCCNC(=O)CN(c2cccc(Cl)c2C)S(=O)(=O)c2ccccc2)cc1. The summed E-state index contributed by atoms with van der Waals surface area (Å²) < 4.78 is 27.9. The molecule has 0 bridgehead atoms. The monoisotopic (exact) mass is 516 g/mol. The van der Waals surface area contributed by atoms with Gasteiger partial charge in [0.15, 0.2) is 0 Å². The van der Waals surface area contributed by atoms with E-state index < -0.39 is 10.0 Å². The average Bonchev–Trinajstić information content (AvgIpc) is 2.83. The minimum absolute atomic E-state index is 0.120. The van der Waals surface area contributed by atoms with Gasteiger partial charge in [-0.25, -0.2) is 8.42 Å². The van der Waals surface area contributed by atoms with E-state index in [9.17, 15) is 13.2 Å². The van der Waals surface area contributed by atoms with Gasteiger partial charge in [-0.15, -0.1) is 0 Å². The predicted octanol–water partition coefficient (Wildman–Crippen LogP) is 5.59. The Bertz CT molecular complexity index is 1200. The van der Waals surface area contributed by atoms with Crippen molar-refractivity contribution < 1.29 is 13.2 Å². The molecule has 34 heavy (non-hydrogen) atoms. The minimum Gasteiger partial charge on any atom is -0.354 e. The fraction of sp³-hybridized carbons (Fsp3) is 0.269. The average molecular weight is 517 g/mol. The van der Waals surface area contributed by atoms with Gasteiger partial charge in [-0.3, -0.25) is 9.10 Å². The van der Waals surface area contributed by atoms with Crippen molar-refractivity contribution in [3.8, 4) is 0 Å². The summed E-state index contributed by atoms with van der Waals surface area (Å²) in [6.45, 7) is 3.97. The van der Waals surface area contributed by atoms with E-state index in [1.165, 1.54) is 23.3 Å². The van der Waals surface area contributed by atoms with Crippen LogP contribution in [0.15, 0.2) is 77.7 Å². The number of hydrogen-bond donors (Lipinski definition) is 1. The number of halogens is 1. The minimum atomic E-state index is -3.95. The summed E-state index contributed by atoms with van der Waals surface area (Å²) in [7, 11) is -3.95. The third-order valence-corrected chi connectivity index (χ3v) is 8.60. The standard InChI is InChI=1S/C26H29ClN2O3S2/c1-20-12-14-22(15-13-20)19-33-17-7-16-28-26(30)18-29(25-11-6-10-24(27)21(25)2)34(31,32)23-8-4-3-5-9-23/h3-6,8-15H,7,16-19H2,1-2H3,(H,28,30). The van der Waals surface area contributed by atoms with E-state index in [-0.39, 0.29) is 17.3 Å². The zero-order valence-electron chi connectivity index (χ0n) is 19.3. The number of carbonyl (C=O) groups is 1. The molecular formula is C26H29ClN2O3S2. The first-order valence-electron chi connectivity index (χ1n) is 11.0. The molecule has 3 aromatic rings. The smallest absolute Gasteiger partial charge is 0.264 e. The van der Waals surface area contributed by atoms with Crippen molar-refractivity contribution in [3.63, 3.8) is 0 Å². The topological polar surface area (TPSA) is 66.5 Å². The van der Waals surface area contributed by atoms with Crippen molar-refractivity contribution in [2.45, 2.75) is 30.9 Å². The first kappa shape index (κ1) is 26.1. The summed E-state index contributed by atoms with van der Waals surface area (Å²) in [6, 6.07) is 21.6. The van der Waals surface area contributed by atoms with Gasteiger partial charge in [0, 0.05) is 17.3 Å². The third-order valence-electron chi connectivity index (χ3n) is 5.30. The molecule has 3 rings (SSSR count). The lowest BCUT2D eigenvalue weighted by Gasteiger charge is -2.26. The van der Waals surface area contributed by atoms with Crippen LogP contribution in [0, 0.1) is 13.8 Å². The van der Waals surface area contributed by atoms with Crippen LogP contribution < -0.4 is 9.62 Å². The van der Waals surface area contributed by atoms with Crippen LogP contribution in [0.2, 0.25) is 5.02 Å². The number of amides is 1. The molecule has 0 saturated carbocycles. The van der Waals surface area contributed by atoms with Gasteiger partial charge in [0.25, 0.3) is 10.0 Å². The van der Waals surface area contributed by atoms with Crippen LogP contribution in [0.25, 0.3) is 0 Å². The van der Waals surface area contributed by atoms with Gasteiger partial charge < -0.3 is 5.32 Å². The second kappa shape index (κ2) is 12.3. The van der Waals surface area contributed by atoms with Crippen molar-refractivity contribution in [1.82, 2.24) is 5.32 Å². The zero-order valence-corrected chi connectivity index (χ0v) is 21.7. The molecule has 0 unspecified atom stereocenters. The van der Waals surface area contributed by atoms with Gasteiger partial charge in [-0.1, -0.05) is 65.7 Å². The molecule has 3 aromatic carbocycles. The van der Waals surface area contributed by atoms with Crippen LogP contribution in [0.3, 0.4) is 0 Å². The molecule has 8 heteroatoms. The van der Waals surface area contributed by atoms with E-state index in [1.807, 2.05) is 11.8 Å². The highest BCUT2D eigenvalue weighted by Gasteiger charge is 2.28. The molecule has 1 N–H and O–H groups in total. The van der Waals surface area contributed by atoms with Gasteiger partial charge in [-0.05, 0) is 61.4 Å². The van der Waals surface area contributed by atoms with E-state index in [4.69, 9.17) is 11.6 Å². The molecule has 0 aliphatic heterocycles. The Labute approximate surface area is 211 Å². The maximum absolute atomic E-state index is 13.4. The number of nitrogens with zero attached hydrogens (tertiary/aromatic N) is 1. The van der Waals surface area contributed by atoms with E-state index in [1.54, 1.807) is 43.3 Å². The van der Waals surface area contributed by atoms with Crippen LogP contribution in [-0.4, -0.2) is 33.2 Å². The van der Waals surface area contributed by atoms with Crippen LogP contribution in [0.1, 0.15) is 23.1 Å². The number of anilines is 1. The predicted molar refractivity (Wildman–Crippen MR) is 142 cm³/mol. The van der Waals surface area contributed by atoms with E-state index in [0.717, 1.165) is 22.2 Å². The molecule has 0 fully saturated rings. The maximum atomic E-state index is 13.4. The lowest BCUT2D eigenvalue weighted by atomic mass is 10.2. The summed E-state index contributed by atoms with van der Waals surface area (Å²) in [5.74, 6) is 1.46. The normalized spacial score (nSPS) is 11.3. The first-order chi connectivity index (χ1) is 16.3. The highest BCUT2D eigenvalue weighted by Crippen LogP contribution is 2.30. The molecule has 180 valence electrons. The van der Waals surface area contributed by atoms with Crippen molar-refractivity contribution in [2.75, 3.05) is 23.1 Å². The molecule has 5 nitrogen and oxygen atoms in total. The van der Waals surface area contributed by atoms with Crippen molar-refractivity contribution in [3.05, 3.63) is 94.5 Å². The summed E-state index contributed by atoms with van der Waals surface area (Å²) in [5.41, 5.74) is 3.51. The van der Waals surface area contributed by atoms with E-state index >= 15 is 0 Å². The number of carbonyl (C=O) groups excluding carboxylic acids is 1. The lowest BCUT2D eigenvalue weighted by molar-refractivity contribution is -0.119. The lowest BCUT2D eigenvalue weighted by Crippen LogP contribution is -2.41. The largest absolute Gasteiger partial charge is 0.354 e. The molecule has 0 radical (unpaired) electrons. The Morgan fingerprint density at radius 3 is 2.38 bits per heavy atom. The highest BCUT2D eigenvalue weighted by molar-refractivity contribution is 7.98. The molecule has 0 atom stereocenters. The van der Waals surface area contributed by atoms with Gasteiger partial charge in [0.05, 0.1) is 10.6 Å². The molecule has 0 aromatic heterocycles. The Morgan fingerprint density at radius 1 is 0.971 bits per heavy atom. The van der Waals surface area contributed by atoms with Crippen LogP contribution >= 0.6 is 23.4 Å². The number of benzene rings is 3. The van der Waals surface area contributed by atoms with Gasteiger partial charge in [0.1, 0.15) is 6.54 Å². The van der Waals surface area contributed by atoms with Crippen molar-refractivity contribution in [1.29, 1.82) is 0 Å². The summed E-state index contributed by atoms with van der Waals surface area (Å²) in [6.07, 6.45) is 0.796. The summed E-state index contributed by atoms with van der Waals surface area (Å²) in [4.78, 5) is 12.9. The summed E-state index contributed by atoms with van der Waals surface area (Å²) in [5, 5.41) is 3.30. The molecule has 0 aliphatic carbocycles. The van der Waals surface area contributed by atoms with Crippen LogP contribution in [0.4, 0.5) is 5.69 Å². The number of rotatable bonds is 11. The van der Waals surface area contributed by atoms with Gasteiger partial charge in [-0.2, -0.15) is 11.8 Å². The number of hydrogen-bond acceptors (Lipinski definition) is 4. The Balaban J connectivity index is 1.60. The molecule has 0 saturated heterocycles. The fourth-order valence-electron chi connectivity index (χ4n) is 3.35. The highest BCUT2D eigenvalue weighted by atomic mass is 35.5.